The molecule has 4 rings (SSSR count). The van der Waals surface area contributed by atoms with Gasteiger partial charge in [0.25, 0.3) is 10.0 Å². The lowest BCUT2D eigenvalue weighted by Gasteiger charge is -2.10. The summed E-state index contributed by atoms with van der Waals surface area (Å²) < 4.78 is 38.6. The fourth-order valence-corrected chi connectivity index (χ4v) is 4.41. The van der Waals surface area contributed by atoms with Gasteiger partial charge in [0.05, 0.1) is 24.7 Å². The normalized spacial score (nSPS) is 11.3. The SMILES string of the molecule is COc1ccc2c(CC(=O)Nc3cccc(S(=O)(=O)Nc4ccc(Cl)cc4)c3)coc2c1. The van der Waals surface area contributed by atoms with Crippen LogP contribution in [0.1, 0.15) is 5.56 Å². The zero-order chi connectivity index (χ0) is 22.7. The van der Waals surface area contributed by atoms with Crippen LogP contribution in [0.15, 0.2) is 82.3 Å². The Morgan fingerprint density at radius 3 is 2.56 bits per heavy atom. The molecule has 2 N–H and O–H groups in total. The van der Waals surface area contributed by atoms with E-state index in [0.717, 1.165) is 5.39 Å². The van der Waals surface area contributed by atoms with E-state index in [1.165, 1.54) is 18.4 Å². The van der Waals surface area contributed by atoms with Crippen molar-refractivity contribution in [2.75, 3.05) is 17.1 Å². The van der Waals surface area contributed by atoms with Crippen molar-refractivity contribution in [3.63, 3.8) is 0 Å². The van der Waals surface area contributed by atoms with E-state index in [0.29, 0.717) is 33.3 Å². The van der Waals surface area contributed by atoms with Crippen LogP contribution in [0.3, 0.4) is 0 Å². The lowest BCUT2D eigenvalue weighted by molar-refractivity contribution is -0.115. The zero-order valence-electron chi connectivity index (χ0n) is 17.0. The summed E-state index contributed by atoms with van der Waals surface area (Å²) in [5.41, 5.74) is 2.08. The highest BCUT2D eigenvalue weighted by molar-refractivity contribution is 7.92. The molecule has 0 atom stereocenters. The van der Waals surface area contributed by atoms with Crippen LogP contribution in [0.5, 0.6) is 5.75 Å². The first-order chi connectivity index (χ1) is 15.3. The van der Waals surface area contributed by atoms with E-state index in [2.05, 4.69) is 10.0 Å². The second-order valence-electron chi connectivity index (χ2n) is 6.99. The number of amides is 1. The summed E-state index contributed by atoms with van der Waals surface area (Å²) in [7, 11) is -2.27. The summed E-state index contributed by atoms with van der Waals surface area (Å²) in [6, 6.07) is 17.7. The molecule has 0 unspecified atom stereocenters. The second kappa shape index (κ2) is 8.94. The fraction of sp³-hybridized carbons (Fsp3) is 0.0870. The summed E-state index contributed by atoms with van der Waals surface area (Å²) in [6.07, 6.45) is 1.60. The second-order valence-corrected chi connectivity index (χ2v) is 9.11. The van der Waals surface area contributed by atoms with Crippen molar-refractivity contribution < 1.29 is 22.4 Å². The van der Waals surface area contributed by atoms with Gasteiger partial charge in [0.1, 0.15) is 11.3 Å². The third-order valence-corrected chi connectivity index (χ3v) is 6.37. The van der Waals surface area contributed by atoms with E-state index in [1.807, 2.05) is 6.07 Å². The molecule has 0 aliphatic heterocycles. The molecule has 3 aromatic carbocycles. The molecule has 7 nitrogen and oxygen atoms in total. The largest absolute Gasteiger partial charge is 0.497 e. The zero-order valence-corrected chi connectivity index (χ0v) is 18.5. The summed E-state index contributed by atoms with van der Waals surface area (Å²) in [5, 5.41) is 4.05. The minimum Gasteiger partial charge on any atom is -0.497 e. The third kappa shape index (κ3) is 4.87. The third-order valence-electron chi connectivity index (χ3n) is 4.74. The van der Waals surface area contributed by atoms with Crippen LogP contribution in [0.25, 0.3) is 11.0 Å². The Balaban J connectivity index is 1.47. The lowest BCUT2D eigenvalue weighted by Crippen LogP contribution is -2.16. The van der Waals surface area contributed by atoms with Crippen LogP contribution in [-0.2, 0) is 21.2 Å². The Morgan fingerprint density at radius 2 is 1.81 bits per heavy atom. The maximum atomic E-state index is 12.7. The number of carbonyl (C=O) groups is 1. The standard InChI is InChI=1S/C23H19ClN2O5S/c1-30-19-9-10-21-15(14-31-22(21)13-19)11-23(27)25-18-3-2-4-20(12-18)32(28,29)26-17-7-5-16(24)6-8-17/h2-10,12-14,26H,11H2,1H3,(H,25,27). The summed E-state index contributed by atoms with van der Waals surface area (Å²) >= 11 is 5.84. The van der Waals surface area contributed by atoms with Gasteiger partial charge in [0.15, 0.2) is 0 Å². The average molecular weight is 471 g/mol. The molecule has 1 heterocycles. The number of nitrogens with one attached hydrogen (secondary N) is 2. The number of ether oxygens (including phenoxy) is 1. The van der Waals surface area contributed by atoms with Crippen molar-refractivity contribution in [1.29, 1.82) is 0 Å². The van der Waals surface area contributed by atoms with E-state index in [9.17, 15) is 13.2 Å². The number of carbonyl (C=O) groups excluding carboxylic acids is 1. The maximum Gasteiger partial charge on any atom is 0.261 e. The molecular weight excluding hydrogens is 452 g/mol. The topological polar surface area (TPSA) is 97.6 Å². The van der Waals surface area contributed by atoms with Crippen molar-refractivity contribution in [2.45, 2.75) is 11.3 Å². The van der Waals surface area contributed by atoms with Gasteiger partial charge in [-0.25, -0.2) is 8.42 Å². The number of hydrogen-bond donors (Lipinski definition) is 2. The number of benzene rings is 3. The Bertz CT molecular complexity index is 1380. The highest BCUT2D eigenvalue weighted by Crippen LogP contribution is 2.26. The van der Waals surface area contributed by atoms with Gasteiger partial charge in [0.2, 0.25) is 5.91 Å². The number of hydrogen-bond acceptors (Lipinski definition) is 5. The monoisotopic (exact) mass is 470 g/mol. The molecule has 0 fully saturated rings. The molecule has 1 aromatic heterocycles. The van der Waals surface area contributed by atoms with Crippen LogP contribution in [-0.4, -0.2) is 21.4 Å². The Kier molecular flexibility index (Phi) is 6.07. The molecule has 4 aromatic rings. The van der Waals surface area contributed by atoms with Gasteiger partial charge in [-0.05, 0) is 54.6 Å². The predicted octanol–water partition coefficient (Wildman–Crippen LogP) is 5.08. The molecule has 0 spiro atoms. The maximum absolute atomic E-state index is 12.7. The van der Waals surface area contributed by atoms with Crippen molar-refractivity contribution in [1.82, 2.24) is 0 Å². The molecule has 0 radical (unpaired) electrons. The first kappa shape index (κ1) is 21.7. The molecule has 1 amide bonds. The Labute approximate surface area is 190 Å². The minimum absolute atomic E-state index is 0.0195. The fourth-order valence-electron chi connectivity index (χ4n) is 3.18. The minimum atomic E-state index is -3.84. The molecule has 0 bridgehead atoms. The van der Waals surface area contributed by atoms with Gasteiger partial charge in [-0.2, -0.15) is 0 Å². The van der Waals surface area contributed by atoms with E-state index in [1.54, 1.807) is 55.6 Å². The molecule has 164 valence electrons. The van der Waals surface area contributed by atoms with Crippen LogP contribution in [0.2, 0.25) is 5.02 Å². The van der Waals surface area contributed by atoms with Crippen molar-refractivity contribution in [3.8, 4) is 5.75 Å². The van der Waals surface area contributed by atoms with Crippen LogP contribution in [0, 0.1) is 0 Å². The van der Waals surface area contributed by atoms with Crippen LogP contribution in [0.4, 0.5) is 11.4 Å². The number of sulfonamides is 1. The van der Waals surface area contributed by atoms with Crippen molar-refractivity contribution in [3.05, 3.63) is 83.6 Å². The first-order valence-electron chi connectivity index (χ1n) is 9.56. The van der Waals surface area contributed by atoms with Crippen molar-refractivity contribution in [2.24, 2.45) is 0 Å². The van der Waals surface area contributed by atoms with Gasteiger partial charge in [0, 0.05) is 33.4 Å². The van der Waals surface area contributed by atoms with Gasteiger partial charge in [-0.15, -0.1) is 0 Å². The van der Waals surface area contributed by atoms with E-state index in [-0.39, 0.29) is 17.2 Å². The van der Waals surface area contributed by atoms with Crippen molar-refractivity contribution >= 4 is 49.9 Å². The molecule has 0 aliphatic rings. The number of furan rings is 1. The number of anilines is 2. The first-order valence-corrected chi connectivity index (χ1v) is 11.4. The molecule has 32 heavy (non-hydrogen) atoms. The highest BCUT2D eigenvalue weighted by Gasteiger charge is 2.16. The van der Waals surface area contributed by atoms with Crippen LogP contribution < -0.4 is 14.8 Å². The summed E-state index contributed by atoms with van der Waals surface area (Å²) in [4.78, 5) is 12.6. The quantitative estimate of drug-likeness (QED) is 0.392. The number of rotatable bonds is 7. The molecule has 0 saturated heterocycles. The highest BCUT2D eigenvalue weighted by atomic mass is 35.5. The molecule has 9 heteroatoms. The Hall–Kier alpha value is -3.49. The summed E-state index contributed by atoms with van der Waals surface area (Å²) in [6.45, 7) is 0. The lowest BCUT2D eigenvalue weighted by atomic mass is 10.1. The van der Waals surface area contributed by atoms with Gasteiger partial charge >= 0.3 is 0 Å². The molecular formula is C23H19ClN2O5S. The Morgan fingerprint density at radius 1 is 1.03 bits per heavy atom. The summed E-state index contributed by atoms with van der Waals surface area (Å²) in [5.74, 6) is 0.358. The number of halogens is 1. The number of methoxy groups -OCH3 is 1. The molecule has 0 aliphatic carbocycles. The van der Waals surface area contributed by atoms with E-state index in [4.69, 9.17) is 20.8 Å². The van der Waals surface area contributed by atoms with Gasteiger partial charge < -0.3 is 14.5 Å². The van der Waals surface area contributed by atoms with E-state index < -0.39 is 10.0 Å². The van der Waals surface area contributed by atoms with Crippen LogP contribution >= 0.6 is 11.6 Å². The van der Waals surface area contributed by atoms with Gasteiger partial charge in [-0.1, -0.05) is 17.7 Å². The van der Waals surface area contributed by atoms with Gasteiger partial charge in [-0.3, -0.25) is 9.52 Å². The molecule has 0 saturated carbocycles. The average Bonchev–Trinajstić information content (AvgIpc) is 3.17. The smallest absolute Gasteiger partial charge is 0.261 e. The predicted molar refractivity (Wildman–Crippen MR) is 124 cm³/mol. The number of fused-ring (bicyclic) bond motifs is 1. The van der Waals surface area contributed by atoms with E-state index >= 15 is 0 Å².